The first-order valence-corrected chi connectivity index (χ1v) is 8.37. The molecule has 4 nitrogen and oxygen atoms in total. The number of imidazole rings is 1. The first-order chi connectivity index (χ1) is 12.8. The molecule has 2 heterocycles. The van der Waals surface area contributed by atoms with Crippen LogP contribution in [0.15, 0.2) is 79.1 Å². The number of aromatic amines is 1. The Kier molecular flexibility index (Phi) is 4.28. The number of benzene rings is 2. The maximum absolute atomic E-state index is 8.94. The van der Waals surface area contributed by atoms with E-state index in [-0.39, 0.29) is 0 Å². The van der Waals surface area contributed by atoms with Gasteiger partial charge < -0.3 is 4.98 Å². The van der Waals surface area contributed by atoms with E-state index in [4.69, 9.17) is 10.2 Å². The second kappa shape index (κ2) is 7.04. The number of nitrogens with zero attached hydrogens (tertiary/aromatic N) is 3. The van der Waals surface area contributed by atoms with Gasteiger partial charge in [-0.2, -0.15) is 5.26 Å². The van der Waals surface area contributed by atoms with E-state index in [1.54, 1.807) is 12.4 Å². The van der Waals surface area contributed by atoms with Crippen LogP contribution in [0.5, 0.6) is 0 Å². The van der Waals surface area contributed by atoms with Gasteiger partial charge in [0.05, 0.1) is 23.0 Å². The Morgan fingerprint density at radius 3 is 2.27 bits per heavy atom. The summed E-state index contributed by atoms with van der Waals surface area (Å²) in [7, 11) is 0. The van der Waals surface area contributed by atoms with Crippen molar-refractivity contribution in [3.8, 4) is 28.6 Å². The lowest BCUT2D eigenvalue weighted by Gasteiger charge is -2.02. The van der Waals surface area contributed by atoms with Crippen molar-refractivity contribution in [2.45, 2.75) is 6.42 Å². The smallest absolute Gasteiger partial charge is 0.111 e. The van der Waals surface area contributed by atoms with E-state index in [9.17, 15) is 0 Å². The van der Waals surface area contributed by atoms with Gasteiger partial charge in [-0.3, -0.25) is 4.98 Å². The number of hydrogen-bond donors (Lipinski definition) is 1. The third-order valence-electron chi connectivity index (χ3n) is 4.22. The van der Waals surface area contributed by atoms with Crippen LogP contribution in [-0.2, 0) is 6.42 Å². The SMILES string of the molecule is N#Cc1ccc(Cc2nc(-c3ccccc3)c(-c3ccncc3)[nH]2)cc1. The lowest BCUT2D eigenvalue weighted by molar-refractivity contribution is 1.03. The van der Waals surface area contributed by atoms with Crippen LogP contribution in [0.3, 0.4) is 0 Å². The van der Waals surface area contributed by atoms with Crippen molar-refractivity contribution in [3.63, 3.8) is 0 Å². The predicted octanol–water partition coefficient (Wildman–Crippen LogP) is 4.60. The molecule has 0 aliphatic carbocycles. The first-order valence-electron chi connectivity index (χ1n) is 8.37. The molecule has 124 valence electrons. The Hall–Kier alpha value is -3.71. The predicted molar refractivity (Wildman–Crippen MR) is 101 cm³/mol. The summed E-state index contributed by atoms with van der Waals surface area (Å²) in [5.74, 6) is 0.889. The van der Waals surface area contributed by atoms with Gasteiger partial charge in [-0.05, 0) is 29.8 Å². The van der Waals surface area contributed by atoms with Crippen molar-refractivity contribution in [2.24, 2.45) is 0 Å². The van der Waals surface area contributed by atoms with Crippen molar-refractivity contribution in [3.05, 3.63) is 96.1 Å². The van der Waals surface area contributed by atoms with Crippen LogP contribution in [0.2, 0.25) is 0 Å². The highest BCUT2D eigenvalue weighted by Crippen LogP contribution is 2.30. The van der Waals surface area contributed by atoms with Gasteiger partial charge in [-0.15, -0.1) is 0 Å². The maximum Gasteiger partial charge on any atom is 0.111 e. The molecule has 2 aromatic carbocycles. The summed E-state index contributed by atoms with van der Waals surface area (Å²) in [6.45, 7) is 0. The third-order valence-corrected chi connectivity index (χ3v) is 4.22. The van der Waals surface area contributed by atoms with E-state index in [0.717, 1.165) is 33.9 Å². The van der Waals surface area contributed by atoms with E-state index < -0.39 is 0 Å². The number of rotatable bonds is 4. The topological polar surface area (TPSA) is 65.4 Å². The number of pyridine rings is 1. The van der Waals surface area contributed by atoms with Crippen molar-refractivity contribution in [2.75, 3.05) is 0 Å². The second-order valence-electron chi connectivity index (χ2n) is 5.99. The molecule has 0 unspecified atom stereocenters. The van der Waals surface area contributed by atoms with Crippen LogP contribution < -0.4 is 0 Å². The molecular weight excluding hydrogens is 320 g/mol. The molecule has 0 aliphatic heterocycles. The van der Waals surface area contributed by atoms with Crippen LogP contribution in [0.4, 0.5) is 0 Å². The molecular formula is C22H16N4. The molecule has 0 saturated heterocycles. The van der Waals surface area contributed by atoms with Crippen LogP contribution in [0, 0.1) is 11.3 Å². The molecule has 0 fully saturated rings. The van der Waals surface area contributed by atoms with E-state index in [1.807, 2.05) is 54.6 Å². The van der Waals surface area contributed by atoms with Crippen LogP contribution in [-0.4, -0.2) is 15.0 Å². The lowest BCUT2D eigenvalue weighted by Crippen LogP contribution is -1.91. The summed E-state index contributed by atoms with van der Waals surface area (Å²) in [5.41, 5.74) is 5.82. The maximum atomic E-state index is 8.94. The van der Waals surface area contributed by atoms with Crippen molar-refractivity contribution < 1.29 is 0 Å². The summed E-state index contributed by atoms with van der Waals surface area (Å²) < 4.78 is 0. The molecule has 26 heavy (non-hydrogen) atoms. The molecule has 2 aromatic heterocycles. The third kappa shape index (κ3) is 3.24. The van der Waals surface area contributed by atoms with Crippen molar-refractivity contribution in [1.29, 1.82) is 5.26 Å². The number of nitrogens with one attached hydrogen (secondary N) is 1. The molecule has 0 bridgehead atoms. The van der Waals surface area contributed by atoms with Gasteiger partial charge >= 0.3 is 0 Å². The zero-order valence-corrected chi connectivity index (χ0v) is 14.1. The standard InChI is InChI=1S/C22H16N4/c23-15-17-8-6-16(7-9-17)14-20-25-21(18-4-2-1-3-5-18)22(26-20)19-10-12-24-13-11-19/h1-13H,14H2,(H,25,26). The summed E-state index contributed by atoms with van der Waals surface area (Å²) in [6, 6.07) is 23.9. The normalized spacial score (nSPS) is 10.4. The summed E-state index contributed by atoms with van der Waals surface area (Å²) in [6.07, 6.45) is 4.24. The highest BCUT2D eigenvalue weighted by molar-refractivity contribution is 5.78. The van der Waals surface area contributed by atoms with E-state index in [1.165, 1.54) is 0 Å². The van der Waals surface area contributed by atoms with Crippen molar-refractivity contribution in [1.82, 2.24) is 15.0 Å². The van der Waals surface area contributed by atoms with Gasteiger partial charge in [0.15, 0.2) is 0 Å². The molecule has 0 radical (unpaired) electrons. The zero-order valence-electron chi connectivity index (χ0n) is 14.1. The number of aromatic nitrogens is 3. The largest absolute Gasteiger partial charge is 0.341 e. The monoisotopic (exact) mass is 336 g/mol. The van der Waals surface area contributed by atoms with Crippen LogP contribution >= 0.6 is 0 Å². The average molecular weight is 336 g/mol. The fourth-order valence-corrected chi connectivity index (χ4v) is 2.93. The fourth-order valence-electron chi connectivity index (χ4n) is 2.93. The summed E-state index contributed by atoms with van der Waals surface area (Å²) in [5, 5.41) is 8.94. The quantitative estimate of drug-likeness (QED) is 0.592. The molecule has 0 amide bonds. The first kappa shape index (κ1) is 15.8. The molecule has 0 saturated carbocycles. The van der Waals surface area contributed by atoms with Crippen LogP contribution in [0.1, 0.15) is 17.0 Å². The minimum atomic E-state index is 0.663. The summed E-state index contributed by atoms with van der Waals surface area (Å²) >= 11 is 0. The van der Waals surface area contributed by atoms with Gasteiger partial charge in [0.2, 0.25) is 0 Å². The van der Waals surface area contributed by atoms with E-state index >= 15 is 0 Å². The minimum absolute atomic E-state index is 0.663. The Morgan fingerprint density at radius 2 is 1.58 bits per heavy atom. The molecule has 1 N–H and O–H groups in total. The number of nitriles is 1. The molecule has 0 aliphatic rings. The summed E-state index contributed by atoms with van der Waals surface area (Å²) in [4.78, 5) is 12.4. The highest BCUT2D eigenvalue weighted by Gasteiger charge is 2.14. The van der Waals surface area contributed by atoms with Gasteiger partial charge in [0.1, 0.15) is 5.82 Å². The Bertz CT molecular complexity index is 986. The van der Waals surface area contributed by atoms with E-state index in [0.29, 0.717) is 12.0 Å². The van der Waals surface area contributed by atoms with Gasteiger partial charge in [0, 0.05) is 29.9 Å². The molecule has 4 rings (SSSR count). The molecule has 0 atom stereocenters. The van der Waals surface area contributed by atoms with Gasteiger partial charge in [-0.25, -0.2) is 4.98 Å². The second-order valence-corrected chi connectivity index (χ2v) is 5.99. The zero-order chi connectivity index (χ0) is 17.8. The van der Waals surface area contributed by atoms with Gasteiger partial charge in [0.25, 0.3) is 0 Å². The number of hydrogen-bond acceptors (Lipinski definition) is 3. The van der Waals surface area contributed by atoms with E-state index in [2.05, 4.69) is 28.2 Å². The highest BCUT2D eigenvalue weighted by atomic mass is 14.9. The molecule has 4 heteroatoms. The Balaban J connectivity index is 1.74. The van der Waals surface area contributed by atoms with Crippen molar-refractivity contribution >= 4 is 0 Å². The molecule has 0 spiro atoms. The Labute approximate surface area is 151 Å². The average Bonchev–Trinajstić information content (AvgIpc) is 3.14. The minimum Gasteiger partial charge on any atom is -0.341 e. The lowest BCUT2D eigenvalue weighted by atomic mass is 10.1. The van der Waals surface area contributed by atoms with Crippen LogP contribution in [0.25, 0.3) is 22.5 Å². The fraction of sp³-hybridized carbons (Fsp3) is 0.0455. The number of H-pyrrole nitrogens is 1. The van der Waals surface area contributed by atoms with Gasteiger partial charge in [-0.1, -0.05) is 42.5 Å². The Morgan fingerprint density at radius 1 is 0.846 bits per heavy atom. The molecule has 4 aromatic rings.